The van der Waals surface area contributed by atoms with Gasteiger partial charge in [-0.25, -0.2) is 9.78 Å². The summed E-state index contributed by atoms with van der Waals surface area (Å²) < 4.78 is 0. The average Bonchev–Trinajstić information content (AvgIpc) is 2.53. The van der Waals surface area contributed by atoms with Gasteiger partial charge in [-0.1, -0.05) is 68.2 Å². The lowest BCUT2D eigenvalue weighted by Gasteiger charge is -2.19. The molecule has 5 heteroatoms. The number of carboxylic acids is 1. The van der Waals surface area contributed by atoms with Crippen molar-refractivity contribution in [3.63, 3.8) is 0 Å². The molecule has 0 bridgehead atoms. The molecule has 128 valence electrons. The zero-order chi connectivity index (χ0) is 18.4. The molecule has 3 aromatic rings. The van der Waals surface area contributed by atoms with Crippen molar-refractivity contribution in [1.82, 2.24) is 4.98 Å². The van der Waals surface area contributed by atoms with Gasteiger partial charge in [0.05, 0.1) is 21.8 Å². The van der Waals surface area contributed by atoms with Gasteiger partial charge in [0.25, 0.3) is 0 Å². The summed E-state index contributed by atoms with van der Waals surface area (Å²) in [5.74, 6) is -1.04. The highest BCUT2D eigenvalue weighted by atomic mass is 35.5. The molecule has 0 aliphatic carbocycles. The van der Waals surface area contributed by atoms with Gasteiger partial charge in [0.1, 0.15) is 0 Å². The molecule has 1 aromatic heterocycles. The average molecular weight is 374 g/mol. The van der Waals surface area contributed by atoms with E-state index in [9.17, 15) is 9.90 Å². The quantitative estimate of drug-likeness (QED) is 0.581. The van der Waals surface area contributed by atoms with Gasteiger partial charge in [-0.05, 0) is 29.2 Å². The normalized spacial score (nSPS) is 11.7. The Labute approximate surface area is 156 Å². The van der Waals surface area contributed by atoms with E-state index in [1.165, 1.54) is 5.56 Å². The summed E-state index contributed by atoms with van der Waals surface area (Å²) in [4.78, 5) is 16.3. The van der Waals surface area contributed by atoms with Crippen LogP contribution in [0, 0.1) is 0 Å². The molecule has 3 rings (SSSR count). The summed E-state index contributed by atoms with van der Waals surface area (Å²) >= 11 is 12.3. The van der Waals surface area contributed by atoms with E-state index in [2.05, 4.69) is 25.8 Å². The lowest BCUT2D eigenvalue weighted by molar-refractivity contribution is 0.0699. The number of carboxylic acid groups (broad SMARTS) is 1. The Balaban J connectivity index is 2.22. The maximum absolute atomic E-state index is 11.7. The number of hydrogen-bond acceptors (Lipinski definition) is 2. The summed E-state index contributed by atoms with van der Waals surface area (Å²) in [5.41, 5.74) is 3.20. The van der Waals surface area contributed by atoms with Crippen molar-refractivity contribution < 1.29 is 9.90 Å². The largest absolute Gasteiger partial charge is 0.478 e. The van der Waals surface area contributed by atoms with Gasteiger partial charge in [-0.3, -0.25) is 0 Å². The number of aromatic nitrogens is 1. The summed E-state index contributed by atoms with van der Waals surface area (Å²) in [6, 6.07) is 12.7. The summed E-state index contributed by atoms with van der Waals surface area (Å²) in [6.45, 7) is 6.42. The van der Waals surface area contributed by atoms with Crippen molar-refractivity contribution in [3.05, 3.63) is 63.6 Å². The lowest BCUT2D eigenvalue weighted by atomic mass is 9.86. The third-order valence-corrected chi connectivity index (χ3v) is 4.62. The fourth-order valence-corrected chi connectivity index (χ4v) is 3.25. The van der Waals surface area contributed by atoms with Crippen LogP contribution in [0.25, 0.3) is 22.2 Å². The first-order valence-electron chi connectivity index (χ1n) is 7.81. The van der Waals surface area contributed by atoms with Crippen LogP contribution in [0.1, 0.15) is 36.7 Å². The molecule has 0 radical (unpaired) electrons. The molecule has 0 saturated heterocycles. The fourth-order valence-electron chi connectivity index (χ4n) is 2.72. The summed E-state index contributed by atoms with van der Waals surface area (Å²) in [6.07, 6.45) is 0. The minimum Gasteiger partial charge on any atom is -0.478 e. The SMILES string of the molecule is CC(C)(C)c1ccc(-c2cc(C(=O)O)c3cc(Cl)cc(Cl)c3n2)cc1. The molecule has 0 atom stereocenters. The van der Waals surface area contributed by atoms with Crippen molar-refractivity contribution in [1.29, 1.82) is 0 Å². The first-order valence-corrected chi connectivity index (χ1v) is 8.56. The van der Waals surface area contributed by atoms with E-state index in [-0.39, 0.29) is 11.0 Å². The van der Waals surface area contributed by atoms with E-state index in [0.29, 0.717) is 26.6 Å². The maximum atomic E-state index is 11.7. The molecule has 0 aliphatic heterocycles. The first kappa shape index (κ1) is 17.7. The fraction of sp³-hybridized carbons (Fsp3) is 0.200. The molecular formula is C20H17Cl2NO2. The van der Waals surface area contributed by atoms with E-state index in [4.69, 9.17) is 23.2 Å². The minimum atomic E-state index is -1.04. The number of pyridine rings is 1. The van der Waals surface area contributed by atoms with Crippen LogP contribution in [0.2, 0.25) is 10.0 Å². The number of carbonyl (C=O) groups is 1. The minimum absolute atomic E-state index is 0.0433. The van der Waals surface area contributed by atoms with Gasteiger partial charge in [0, 0.05) is 16.0 Å². The molecule has 3 nitrogen and oxygen atoms in total. The smallest absolute Gasteiger partial charge is 0.336 e. The van der Waals surface area contributed by atoms with E-state index in [0.717, 1.165) is 5.56 Å². The molecule has 0 unspecified atom stereocenters. The van der Waals surface area contributed by atoms with Crippen LogP contribution in [-0.2, 0) is 5.41 Å². The van der Waals surface area contributed by atoms with Crippen LogP contribution < -0.4 is 0 Å². The van der Waals surface area contributed by atoms with Gasteiger partial charge >= 0.3 is 5.97 Å². The Morgan fingerprint density at radius 3 is 2.24 bits per heavy atom. The Kier molecular flexibility index (Phi) is 4.48. The standard InChI is InChI=1S/C20H17Cl2NO2/c1-20(2,3)12-6-4-11(5-7-12)17-10-15(19(24)25)14-8-13(21)9-16(22)18(14)23-17/h4-10H,1-3H3,(H,24,25). The summed E-state index contributed by atoms with van der Waals surface area (Å²) in [7, 11) is 0. The van der Waals surface area contributed by atoms with Crippen LogP contribution in [0.3, 0.4) is 0 Å². The number of benzene rings is 2. The molecular weight excluding hydrogens is 357 g/mol. The van der Waals surface area contributed by atoms with E-state index in [1.54, 1.807) is 18.2 Å². The molecule has 0 spiro atoms. The van der Waals surface area contributed by atoms with Crippen molar-refractivity contribution in [2.75, 3.05) is 0 Å². The predicted molar refractivity (Wildman–Crippen MR) is 103 cm³/mol. The predicted octanol–water partition coefficient (Wildman–Crippen LogP) is 6.20. The number of aromatic carboxylic acids is 1. The second-order valence-electron chi connectivity index (χ2n) is 6.97. The Hall–Kier alpha value is -2.10. The monoisotopic (exact) mass is 373 g/mol. The zero-order valence-electron chi connectivity index (χ0n) is 14.1. The van der Waals surface area contributed by atoms with E-state index < -0.39 is 5.97 Å². The second kappa shape index (κ2) is 6.32. The van der Waals surface area contributed by atoms with Crippen LogP contribution in [0.4, 0.5) is 0 Å². The van der Waals surface area contributed by atoms with Crippen molar-refractivity contribution in [3.8, 4) is 11.3 Å². The van der Waals surface area contributed by atoms with Crippen molar-refractivity contribution in [2.24, 2.45) is 0 Å². The highest BCUT2D eigenvalue weighted by molar-refractivity contribution is 6.38. The Morgan fingerprint density at radius 2 is 1.68 bits per heavy atom. The third-order valence-electron chi connectivity index (χ3n) is 4.11. The van der Waals surface area contributed by atoms with Crippen LogP contribution >= 0.6 is 23.2 Å². The van der Waals surface area contributed by atoms with Crippen molar-refractivity contribution >= 4 is 40.1 Å². The lowest BCUT2D eigenvalue weighted by Crippen LogP contribution is -2.10. The zero-order valence-corrected chi connectivity index (χ0v) is 15.6. The van der Waals surface area contributed by atoms with Crippen LogP contribution in [0.15, 0.2) is 42.5 Å². The number of nitrogens with zero attached hydrogens (tertiary/aromatic N) is 1. The van der Waals surface area contributed by atoms with E-state index >= 15 is 0 Å². The highest BCUT2D eigenvalue weighted by Crippen LogP contribution is 2.32. The second-order valence-corrected chi connectivity index (χ2v) is 7.81. The maximum Gasteiger partial charge on any atom is 0.336 e. The highest BCUT2D eigenvalue weighted by Gasteiger charge is 2.17. The van der Waals surface area contributed by atoms with Gasteiger partial charge in [-0.15, -0.1) is 0 Å². The molecule has 1 heterocycles. The number of halogens is 2. The molecule has 0 saturated carbocycles. The van der Waals surface area contributed by atoms with Crippen molar-refractivity contribution in [2.45, 2.75) is 26.2 Å². The number of hydrogen-bond donors (Lipinski definition) is 1. The molecule has 1 N–H and O–H groups in total. The molecule has 2 aromatic carbocycles. The number of fused-ring (bicyclic) bond motifs is 1. The summed E-state index contributed by atoms with van der Waals surface area (Å²) in [5, 5.41) is 10.7. The Morgan fingerprint density at radius 1 is 1.04 bits per heavy atom. The molecule has 0 amide bonds. The van der Waals surface area contributed by atoms with E-state index in [1.807, 2.05) is 24.3 Å². The molecule has 0 fully saturated rings. The topological polar surface area (TPSA) is 50.2 Å². The van der Waals surface area contributed by atoms with Crippen LogP contribution in [-0.4, -0.2) is 16.1 Å². The van der Waals surface area contributed by atoms with Gasteiger partial charge in [0.15, 0.2) is 0 Å². The van der Waals surface area contributed by atoms with Crippen LogP contribution in [0.5, 0.6) is 0 Å². The Bertz CT molecular complexity index is 974. The van der Waals surface area contributed by atoms with Gasteiger partial charge in [0.2, 0.25) is 0 Å². The molecule has 25 heavy (non-hydrogen) atoms. The van der Waals surface area contributed by atoms with Gasteiger partial charge in [-0.2, -0.15) is 0 Å². The first-order chi connectivity index (χ1) is 11.7. The molecule has 0 aliphatic rings. The van der Waals surface area contributed by atoms with Gasteiger partial charge < -0.3 is 5.11 Å². The third kappa shape index (κ3) is 3.48. The number of rotatable bonds is 2.